The quantitative estimate of drug-likeness (QED) is 0.696. The summed E-state index contributed by atoms with van der Waals surface area (Å²) in [6.07, 6.45) is 2.64. The molecule has 0 bridgehead atoms. The normalized spacial score (nSPS) is 10.8. The summed E-state index contributed by atoms with van der Waals surface area (Å²) in [5.41, 5.74) is 1.64. The molecule has 0 aliphatic rings. The van der Waals surface area contributed by atoms with Crippen LogP contribution in [-0.2, 0) is 11.3 Å². The molecule has 142 valence electrons. The van der Waals surface area contributed by atoms with Gasteiger partial charge in [-0.3, -0.25) is 9.59 Å². The Kier molecular flexibility index (Phi) is 7.49. The van der Waals surface area contributed by atoms with Crippen LogP contribution in [0.3, 0.4) is 0 Å². The molecule has 2 N–H and O–H groups in total. The zero-order valence-electron chi connectivity index (χ0n) is 14.7. The molecule has 0 aliphatic heterocycles. The molecule has 0 atom stereocenters. The maximum atomic E-state index is 12.4. The summed E-state index contributed by atoms with van der Waals surface area (Å²) in [5.74, 6) is -0.586. The Bertz CT molecular complexity index is 822. The second-order valence-corrected chi connectivity index (χ2v) is 5.53. The second kappa shape index (κ2) is 10.1. The third-order valence-electron chi connectivity index (χ3n) is 3.54. The number of ether oxygens (including phenoxy) is 1. The molecule has 0 unspecified atom stereocenters. The highest BCUT2D eigenvalue weighted by Gasteiger charge is 2.08. The maximum Gasteiger partial charge on any atom is 0.387 e. The minimum Gasteiger partial charge on any atom is -0.434 e. The molecule has 2 amide bonds. The van der Waals surface area contributed by atoms with Crippen molar-refractivity contribution in [3.05, 3.63) is 71.3 Å². The zero-order valence-corrected chi connectivity index (χ0v) is 14.7. The minimum absolute atomic E-state index is 0.00816. The van der Waals surface area contributed by atoms with Gasteiger partial charge in [-0.1, -0.05) is 30.3 Å². The van der Waals surface area contributed by atoms with Crippen LogP contribution in [-0.4, -0.2) is 25.0 Å². The van der Waals surface area contributed by atoms with Crippen molar-refractivity contribution in [3.63, 3.8) is 0 Å². The lowest BCUT2D eigenvalue weighted by atomic mass is 10.1. The van der Waals surface area contributed by atoms with E-state index in [1.807, 2.05) is 6.92 Å². The van der Waals surface area contributed by atoms with E-state index in [9.17, 15) is 18.4 Å². The van der Waals surface area contributed by atoms with Gasteiger partial charge in [0.2, 0.25) is 5.91 Å². The summed E-state index contributed by atoms with van der Waals surface area (Å²) < 4.78 is 29.2. The van der Waals surface area contributed by atoms with Crippen LogP contribution in [0.15, 0.2) is 54.6 Å². The highest BCUT2D eigenvalue weighted by Crippen LogP contribution is 2.21. The van der Waals surface area contributed by atoms with E-state index in [-0.39, 0.29) is 18.2 Å². The largest absolute Gasteiger partial charge is 0.434 e. The fourth-order valence-corrected chi connectivity index (χ4v) is 2.32. The van der Waals surface area contributed by atoms with E-state index in [1.165, 1.54) is 18.2 Å². The molecule has 0 fully saturated rings. The molecule has 0 aromatic heterocycles. The van der Waals surface area contributed by atoms with Gasteiger partial charge in [0.05, 0.1) is 0 Å². The average molecular weight is 374 g/mol. The van der Waals surface area contributed by atoms with Gasteiger partial charge < -0.3 is 15.4 Å². The van der Waals surface area contributed by atoms with Crippen LogP contribution in [0.5, 0.6) is 5.75 Å². The Morgan fingerprint density at radius 3 is 2.63 bits per heavy atom. The number of alkyl halides is 2. The molecular formula is C20H20F2N2O3. The highest BCUT2D eigenvalue weighted by atomic mass is 19.3. The van der Waals surface area contributed by atoms with Crippen molar-refractivity contribution in [2.45, 2.75) is 20.1 Å². The number of rotatable bonds is 8. The van der Waals surface area contributed by atoms with Gasteiger partial charge in [-0.15, -0.1) is 0 Å². The van der Waals surface area contributed by atoms with Crippen molar-refractivity contribution in [1.29, 1.82) is 0 Å². The lowest BCUT2D eigenvalue weighted by molar-refractivity contribution is -0.116. The second-order valence-electron chi connectivity index (χ2n) is 5.53. The summed E-state index contributed by atoms with van der Waals surface area (Å²) >= 11 is 0. The number of benzene rings is 2. The van der Waals surface area contributed by atoms with Gasteiger partial charge in [0, 0.05) is 30.3 Å². The van der Waals surface area contributed by atoms with Crippen LogP contribution in [0.2, 0.25) is 0 Å². The first-order valence-corrected chi connectivity index (χ1v) is 8.36. The van der Waals surface area contributed by atoms with Crippen molar-refractivity contribution in [2.75, 3.05) is 6.54 Å². The van der Waals surface area contributed by atoms with Crippen molar-refractivity contribution < 1.29 is 23.1 Å². The minimum atomic E-state index is -2.94. The van der Waals surface area contributed by atoms with Gasteiger partial charge in [0.15, 0.2) is 0 Å². The fourth-order valence-electron chi connectivity index (χ4n) is 2.32. The SMILES string of the molecule is CCNC(=O)c1cccc(CNC(=O)/C=C/c2ccccc2OC(F)F)c1. The number of amides is 2. The van der Waals surface area contributed by atoms with E-state index >= 15 is 0 Å². The summed E-state index contributed by atoms with van der Waals surface area (Å²) in [5, 5.41) is 5.39. The Labute approximate surface area is 156 Å². The van der Waals surface area contributed by atoms with Gasteiger partial charge in [-0.2, -0.15) is 8.78 Å². The molecule has 5 nitrogen and oxygen atoms in total. The molecule has 2 aromatic carbocycles. The number of para-hydroxylation sites is 1. The standard InChI is InChI=1S/C20H20F2N2O3/c1-2-23-19(26)16-8-5-6-14(12-16)13-24-18(25)11-10-15-7-3-4-9-17(15)27-20(21)22/h3-12,20H,2,13H2,1H3,(H,23,26)(H,24,25)/b11-10+. The Balaban J connectivity index is 1.96. The number of carbonyl (C=O) groups excluding carboxylic acids is 2. The van der Waals surface area contributed by atoms with Gasteiger partial charge in [-0.25, -0.2) is 0 Å². The zero-order chi connectivity index (χ0) is 19.6. The van der Waals surface area contributed by atoms with E-state index in [0.29, 0.717) is 17.7 Å². The van der Waals surface area contributed by atoms with E-state index in [4.69, 9.17) is 0 Å². The molecule has 2 rings (SSSR count). The predicted molar refractivity (Wildman–Crippen MR) is 98.4 cm³/mol. The van der Waals surface area contributed by atoms with E-state index in [0.717, 1.165) is 5.56 Å². The van der Waals surface area contributed by atoms with Crippen molar-refractivity contribution in [1.82, 2.24) is 10.6 Å². The molecular weight excluding hydrogens is 354 g/mol. The van der Waals surface area contributed by atoms with Crippen LogP contribution in [0.1, 0.15) is 28.4 Å². The van der Waals surface area contributed by atoms with Crippen molar-refractivity contribution in [3.8, 4) is 5.75 Å². The van der Waals surface area contributed by atoms with Crippen molar-refractivity contribution >= 4 is 17.9 Å². The van der Waals surface area contributed by atoms with Gasteiger partial charge in [0.25, 0.3) is 5.91 Å². The van der Waals surface area contributed by atoms with Gasteiger partial charge in [0.1, 0.15) is 5.75 Å². The summed E-state index contributed by atoms with van der Waals surface area (Å²) in [7, 11) is 0. The highest BCUT2D eigenvalue weighted by molar-refractivity contribution is 5.94. The fraction of sp³-hybridized carbons (Fsp3) is 0.200. The number of halogens is 2. The predicted octanol–water partition coefficient (Wildman–Crippen LogP) is 3.37. The molecule has 0 aliphatic carbocycles. The number of nitrogens with one attached hydrogen (secondary N) is 2. The summed E-state index contributed by atoms with van der Waals surface area (Å²) in [4.78, 5) is 23.8. The molecule has 27 heavy (non-hydrogen) atoms. The smallest absolute Gasteiger partial charge is 0.387 e. The van der Waals surface area contributed by atoms with Crippen LogP contribution < -0.4 is 15.4 Å². The monoisotopic (exact) mass is 374 g/mol. The molecule has 0 saturated carbocycles. The van der Waals surface area contributed by atoms with Crippen LogP contribution in [0.4, 0.5) is 8.78 Å². The third kappa shape index (κ3) is 6.54. The lowest BCUT2D eigenvalue weighted by Gasteiger charge is -2.08. The number of hydrogen-bond acceptors (Lipinski definition) is 3. The topological polar surface area (TPSA) is 67.4 Å². The summed E-state index contributed by atoms with van der Waals surface area (Å²) in [6, 6.07) is 13.1. The van der Waals surface area contributed by atoms with Crippen LogP contribution >= 0.6 is 0 Å². The lowest BCUT2D eigenvalue weighted by Crippen LogP contribution is -2.23. The Hall–Kier alpha value is -3.22. The number of hydrogen-bond donors (Lipinski definition) is 2. The van der Waals surface area contributed by atoms with Gasteiger partial charge >= 0.3 is 6.61 Å². The Morgan fingerprint density at radius 2 is 1.89 bits per heavy atom. The molecule has 0 radical (unpaired) electrons. The molecule has 0 heterocycles. The molecule has 0 spiro atoms. The van der Waals surface area contributed by atoms with Gasteiger partial charge in [-0.05, 0) is 36.8 Å². The van der Waals surface area contributed by atoms with E-state index in [2.05, 4.69) is 15.4 Å². The molecule has 0 saturated heterocycles. The third-order valence-corrected chi connectivity index (χ3v) is 3.54. The first kappa shape index (κ1) is 20.1. The van der Waals surface area contributed by atoms with Crippen LogP contribution in [0, 0.1) is 0 Å². The Morgan fingerprint density at radius 1 is 1.11 bits per heavy atom. The van der Waals surface area contributed by atoms with E-state index in [1.54, 1.807) is 42.5 Å². The first-order chi connectivity index (χ1) is 13.0. The first-order valence-electron chi connectivity index (χ1n) is 8.36. The average Bonchev–Trinajstić information content (AvgIpc) is 2.65. The molecule has 2 aromatic rings. The summed E-state index contributed by atoms with van der Waals surface area (Å²) in [6.45, 7) is -0.350. The maximum absolute atomic E-state index is 12.4. The van der Waals surface area contributed by atoms with E-state index < -0.39 is 12.5 Å². The number of carbonyl (C=O) groups is 2. The van der Waals surface area contributed by atoms with Crippen LogP contribution in [0.25, 0.3) is 6.08 Å². The molecule has 7 heteroatoms. The van der Waals surface area contributed by atoms with Crippen molar-refractivity contribution in [2.24, 2.45) is 0 Å².